The van der Waals surface area contributed by atoms with Gasteiger partial charge in [-0.05, 0) is 31.5 Å². The molecular formula is C20H24N2O2. The van der Waals surface area contributed by atoms with Crippen molar-refractivity contribution in [1.29, 1.82) is 0 Å². The summed E-state index contributed by atoms with van der Waals surface area (Å²) in [5, 5.41) is 0. The van der Waals surface area contributed by atoms with E-state index in [4.69, 9.17) is 10.5 Å². The van der Waals surface area contributed by atoms with E-state index in [1.165, 1.54) is 5.56 Å². The second-order valence-corrected chi connectivity index (χ2v) is 6.50. The number of aryl methyl sites for hydroxylation is 1. The van der Waals surface area contributed by atoms with Gasteiger partial charge in [0.15, 0.2) is 6.10 Å². The fourth-order valence-corrected chi connectivity index (χ4v) is 3.19. The third kappa shape index (κ3) is 3.60. The Morgan fingerprint density at radius 2 is 1.79 bits per heavy atom. The summed E-state index contributed by atoms with van der Waals surface area (Å²) in [6, 6.07) is 17.9. The molecule has 1 aliphatic heterocycles. The number of ether oxygens (including phenoxy) is 1. The zero-order valence-corrected chi connectivity index (χ0v) is 14.2. The Bertz CT molecular complexity index is 685. The molecule has 1 amide bonds. The van der Waals surface area contributed by atoms with Crippen LogP contribution in [0, 0.1) is 6.92 Å². The van der Waals surface area contributed by atoms with E-state index in [1.807, 2.05) is 54.3 Å². The third-order valence-corrected chi connectivity index (χ3v) is 4.59. The second kappa shape index (κ2) is 7.05. The molecule has 1 unspecified atom stereocenters. The molecule has 2 aromatic carbocycles. The average molecular weight is 324 g/mol. The molecule has 2 aromatic rings. The van der Waals surface area contributed by atoms with Gasteiger partial charge in [-0.2, -0.15) is 0 Å². The summed E-state index contributed by atoms with van der Waals surface area (Å²) in [5.41, 5.74) is 8.63. The molecule has 2 N–H and O–H groups in total. The first-order valence-electron chi connectivity index (χ1n) is 8.37. The first kappa shape index (κ1) is 16.5. The number of carbonyl (C=O) groups excluding carboxylic acids is 1. The third-order valence-electron chi connectivity index (χ3n) is 4.59. The molecule has 3 atom stereocenters. The number of hydrogen-bond acceptors (Lipinski definition) is 3. The van der Waals surface area contributed by atoms with E-state index in [0.717, 1.165) is 5.56 Å². The van der Waals surface area contributed by atoms with Crippen molar-refractivity contribution >= 4 is 5.91 Å². The van der Waals surface area contributed by atoms with E-state index in [2.05, 4.69) is 12.1 Å². The van der Waals surface area contributed by atoms with Crippen molar-refractivity contribution in [3.8, 4) is 5.75 Å². The van der Waals surface area contributed by atoms with Crippen molar-refractivity contribution in [3.05, 3.63) is 65.7 Å². The van der Waals surface area contributed by atoms with Crippen LogP contribution in [0.15, 0.2) is 54.6 Å². The fourth-order valence-electron chi connectivity index (χ4n) is 3.19. The Labute approximate surface area is 143 Å². The fraction of sp³-hybridized carbons (Fsp3) is 0.350. The minimum Gasteiger partial charge on any atom is -0.481 e. The molecule has 0 aliphatic carbocycles. The SMILES string of the molecule is Cc1ccc(OC(C)C(=O)N2C[C@@H](N)[C@H](c3ccccc3)C2)cc1. The summed E-state index contributed by atoms with van der Waals surface area (Å²) >= 11 is 0. The summed E-state index contributed by atoms with van der Waals surface area (Å²) in [4.78, 5) is 14.5. The normalized spacial score (nSPS) is 21.5. The van der Waals surface area contributed by atoms with Gasteiger partial charge in [-0.3, -0.25) is 4.79 Å². The maximum atomic E-state index is 12.7. The molecule has 3 rings (SSSR count). The molecule has 1 saturated heterocycles. The van der Waals surface area contributed by atoms with Crippen LogP contribution in [0.4, 0.5) is 0 Å². The lowest BCUT2D eigenvalue weighted by molar-refractivity contribution is -0.136. The molecule has 4 heteroatoms. The highest BCUT2D eigenvalue weighted by Gasteiger charge is 2.35. The molecule has 0 bridgehead atoms. The summed E-state index contributed by atoms with van der Waals surface area (Å²) < 4.78 is 5.79. The highest BCUT2D eigenvalue weighted by Crippen LogP contribution is 2.27. The lowest BCUT2D eigenvalue weighted by Gasteiger charge is -2.22. The number of hydrogen-bond donors (Lipinski definition) is 1. The molecule has 0 aromatic heterocycles. The summed E-state index contributed by atoms with van der Waals surface area (Å²) in [7, 11) is 0. The summed E-state index contributed by atoms with van der Waals surface area (Å²) in [6.07, 6.45) is -0.519. The molecule has 126 valence electrons. The average Bonchev–Trinajstić information content (AvgIpc) is 2.99. The minimum atomic E-state index is -0.519. The van der Waals surface area contributed by atoms with Gasteiger partial charge in [0, 0.05) is 25.0 Å². The van der Waals surface area contributed by atoms with Gasteiger partial charge in [-0.15, -0.1) is 0 Å². The minimum absolute atomic E-state index is 0.00976. The summed E-state index contributed by atoms with van der Waals surface area (Å²) in [6.45, 7) is 5.03. The quantitative estimate of drug-likeness (QED) is 0.941. The van der Waals surface area contributed by atoms with Crippen molar-refractivity contribution in [2.75, 3.05) is 13.1 Å². The van der Waals surface area contributed by atoms with Gasteiger partial charge >= 0.3 is 0 Å². The molecule has 1 fully saturated rings. The maximum Gasteiger partial charge on any atom is 0.263 e. The predicted octanol–water partition coefficient (Wildman–Crippen LogP) is 2.72. The Morgan fingerprint density at radius 1 is 1.12 bits per heavy atom. The molecule has 24 heavy (non-hydrogen) atoms. The predicted molar refractivity (Wildman–Crippen MR) is 95.0 cm³/mol. The van der Waals surface area contributed by atoms with Crippen LogP contribution < -0.4 is 10.5 Å². The van der Waals surface area contributed by atoms with Crippen molar-refractivity contribution in [2.45, 2.75) is 31.9 Å². The standard InChI is InChI=1S/C20H24N2O2/c1-14-8-10-17(11-9-14)24-15(2)20(23)22-12-18(19(21)13-22)16-6-4-3-5-7-16/h3-11,15,18-19H,12-13,21H2,1-2H3/t15?,18-,19+/m0/s1. The van der Waals surface area contributed by atoms with Crippen LogP contribution in [-0.2, 0) is 4.79 Å². The van der Waals surface area contributed by atoms with Crippen LogP contribution >= 0.6 is 0 Å². The number of benzene rings is 2. The van der Waals surface area contributed by atoms with Gasteiger partial charge in [0.05, 0.1) is 0 Å². The number of nitrogens with two attached hydrogens (primary N) is 1. The van der Waals surface area contributed by atoms with Crippen molar-refractivity contribution in [3.63, 3.8) is 0 Å². The molecule has 4 nitrogen and oxygen atoms in total. The van der Waals surface area contributed by atoms with Gasteiger partial charge in [-0.25, -0.2) is 0 Å². The molecule has 1 aliphatic rings. The van der Waals surface area contributed by atoms with E-state index < -0.39 is 6.10 Å². The lowest BCUT2D eigenvalue weighted by Crippen LogP contribution is -2.40. The van der Waals surface area contributed by atoms with Gasteiger partial charge in [0.1, 0.15) is 5.75 Å². The van der Waals surface area contributed by atoms with Crippen molar-refractivity contribution in [1.82, 2.24) is 4.90 Å². The van der Waals surface area contributed by atoms with E-state index in [-0.39, 0.29) is 17.9 Å². The first-order chi connectivity index (χ1) is 11.5. The number of nitrogens with zero attached hydrogens (tertiary/aromatic N) is 1. The van der Waals surface area contributed by atoms with Crippen LogP contribution in [0.5, 0.6) is 5.75 Å². The van der Waals surface area contributed by atoms with Crippen LogP contribution in [0.25, 0.3) is 0 Å². The van der Waals surface area contributed by atoms with Crippen molar-refractivity contribution < 1.29 is 9.53 Å². The van der Waals surface area contributed by atoms with Gasteiger partial charge < -0.3 is 15.4 Å². The van der Waals surface area contributed by atoms with Gasteiger partial charge in [-0.1, -0.05) is 48.0 Å². The van der Waals surface area contributed by atoms with E-state index >= 15 is 0 Å². The van der Waals surface area contributed by atoms with Gasteiger partial charge in [0.25, 0.3) is 5.91 Å². The largest absolute Gasteiger partial charge is 0.481 e. The van der Waals surface area contributed by atoms with Crippen LogP contribution in [0.2, 0.25) is 0 Å². The Hall–Kier alpha value is -2.33. The molecular weight excluding hydrogens is 300 g/mol. The maximum absolute atomic E-state index is 12.7. The second-order valence-electron chi connectivity index (χ2n) is 6.50. The molecule has 0 spiro atoms. The molecule has 1 heterocycles. The topological polar surface area (TPSA) is 55.6 Å². The summed E-state index contributed by atoms with van der Waals surface area (Å²) in [5.74, 6) is 0.885. The Kier molecular flexibility index (Phi) is 4.86. The van der Waals surface area contributed by atoms with Crippen LogP contribution in [0.3, 0.4) is 0 Å². The Balaban J connectivity index is 1.64. The number of rotatable bonds is 4. The zero-order chi connectivity index (χ0) is 17.1. The zero-order valence-electron chi connectivity index (χ0n) is 14.2. The smallest absolute Gasteiger partial charge is 0.263 e. The van der Waals surface area contributed by atoms with E-state index in [9.17, 15) is 4.79 Å². The van der Waals surface area contributed by atoms with E-state index in [1.54, 1.807) is 6.92 Å². The monoisotopic (exact) mass is 324 g/mol. The highest BCUT2D eigenvalue weighted by atomic mass is 16.5. The lowest BCUT2D eigenvalue weighted by atomic mass is 9.95. The number of likely N-dealkylation sites (tertiary alicyclic amines) is 1. The number of carbonyl (C=O) groups is 1. The van der Waals surface area contributed by atoms with E-state index in [0.29, 0.717) is 18.8 Å². The molecule has 0 saturated carbocycles. The Morgan fingerprint density at radius 3 is 2.46 bits per heavy atom. The van der Waals surface area contributed by atoms with Gasteiger partial charge in [0.2, 0.25) is 0 Å². The number of amides is 1. The first-order valence-corrected chi connectivity index (χ1v) is 8.37. The van der Waals surface area contributed by atoms with Crippen molar-refractivity contribution in [2.24, 2.45) is 5.73 Å². The van der Waals surface area contributed by atoms with Crippen LogP contribution in [0.1, 0.15) is 24.0 Å². The highest BCUT2D eigenvalue weighted by molar-refractivity contribution is 5.81. The van der Waals surface area contributed by atoms with Crippen LogP contribution in [-0.4, -0.2) is 36.0 Å². The molecule has 0 radical (unpaired) electrons.